The van der Waals surface area contributed by atoms with E-state index in [9.17, 15) is 13.2 Å². The summed E-state index contributed by atoms with van der Waals surface area (Å²) in [5.74, 6) is 0.477. The molecule has 0 aliphatic carbocycles. The number of ether oxygens (including phenoxy) is 1. The summed E-state index contributed by atoms with van der Waals surface area (Å²) in [5.41, 5.74) is 1.04. The van der Waals surface area contributed by atoms with Gasteiger partial charge in [0, 0.05) is 37.9 Å². The average Bonchev–Trinajstić information content (AvgIpc) is 3.15. The molecular formula is C22H25F3N6OS. The second-order valence-corrected chi connectivity index (χ2v) is 8.61. The molecule has 1 N–H and O–H groups in total. The van der Waals surface area contributed by atoms with E-state index in [1.165, 1.54) is 13.2 Å². The molecule has 1 saturated heterocycles. The highest BCUT2D eigenvalue weighted by Gasteiger charge is 2.31. The Morgan fingerprint density at radius 3 is 2.58 bits per heavy atom. The number of aromatic nitrogens is 4. The van der Waals surface area contributed by atoms with Gasteiger partial charge in [0.05, 0.1) is 24.1 Å². The lowest BCUT2D eigenvalue weighted by Gasteiger charge is -2.30. The minimum absolute atomic E-state index is 0.257. The molecule has 33 heavy (non-hydrogen) atoms. The molecule has 0 spiro atoms. The van der Waals surface area contributed by atoms with Crippen LogP contribution in [0.5, 0.6) is 6.01 Å². The maximum Gasteiger partial charge on any atom is 0.416 e. The van der Waals surface area contributed by atoms with Crippen LogP contribution in [0.3, 0.4) is 0 Å². The summed E-state index contributed by atoms with van der Waals surface area (Å²) in [5, 5.41) is 3.40. The van der Waals surface area contributed by atoms with Crippen LogP contribution in [0.25, 0.3) is 22.6 Å². The van der Waals surface area contributed by atoms with Crippen molar-refractivity contribution in [3.8, 4) is 28.7 Å². The molecule has 0 amide bonds. The Morgan fingerprint density at radius 2 is 1.91 bits per heavy atom. The number of benzene rings is 1. The zero-order valence-electron chi connectivity index (χ0n) is 18.6. The maximum absolute atomic E-state index is 13.3. The molecule has 3 aromatic rings. The van der Waals surface area contributed by atoms with Crippen LogP contribution in [0.15, 0.2) is 36.5 Å². The molecule has 0 unspecified atom stereocenters. The van der Waals surface area contributed by atoms with Gasteiger partial charge in [-0.2, -0.15) is 18.2 Å². The molecule has 0 atom stereocenters. The van der Waals surface area contributed by atoms with Crippen LogP contribution in [-0.4, -0.2) is 56.3 Å². The Balaban J connectivity index is 1.69. The molecule has 1 aliphatic heterocycles. The van der Waals surface area contributed by atoms with Crippen molar-refractivity contribution in [2.24, 2.45) is 7.05 Å². The third-order valence-corrected chi connectivity index (χ3v) is 6.53. The van der Waals surface area contributed by atoms with E-state index in [-0.39, 0.29) is 12.1 Å². The monoisotopic (exact) mass is 478 g/mol. The SMILES string of the molecule is COc1nc(-c2cccc(C(F)(F)F)c2)c(-c2ccnc(NC3CCN(SC)CC3)n2)n1C. The number of nitrogens with one attached hydrogen (secondary N) is 1. The van der Waals surface area contributed by atoms with Crippen molar-refractivity contribution in [2.45, 2.75) is 25.1 Å². The van der Waals surface area contributed by atoms with E-state index >= 15 is 0 Å². The van der Waals surface area contributed by atoms with E-state index in [4.69, 9.17) is 4.74 Å². The van der Waals surface area contributed by atoms with Gasteiger partial charge in [-0.25, -0.2) is 9.97 Å². The van der Waals surface area contributed by atoms with Crippen LogP contribution in [0.4, 0.5) is 19.1 Å². The van der Waals surface area contributed by atoms with Crippen LogP contribution in [0.1, 0.15) is 18.4 Å². The average molecular weight is 479 g/mol. The summed E-state index contributed by atoms with van der Waals surface area (Å²) in [4.78, 5) is 13.5. The molecule has 0 radical (unpaired) electrons. The summed E-state index contributed by atoms with van der Waals surface area (Å²) in [6.07, 6.45) is 1.21. The molecule has 7 nitrogen and oxygen atoms in total. The van der Waals surface area contributed by atoms with Crippen molar-refractivity contribution in [3.63, 3.8) is 0 Å². The van der Waals surface area contributed by atoms with E-state index in [0.717, 1.165) is 38.1 Å². The van der Waals surface area contributed by atoms with Gasteiger partial charge in [-0.05, 0) is 37.3 Å². The van der Waals surface area contributed by atoms with Gasteiger partial charge in [-0.15, -0.1) is 0 Å². The van der Waals surface area contributed by atoms with E-state index in [1.807, 2.05) is 0 Å². The predicted molar refractivity (Wildman–Crippen MR) is 123 cm³/mol. The highest BCUT2D eigenvalue weighted by molar-refractivity contribution is 7.96. The summed E-state index contributed by atoms with van der Waals surface area (Å²) >= 11 is 1.74. The molecule has 1 aromatic carbocycles. The van der Waals surface area contributed by atoms with Crippen molar-refractivity contribution in [1.29, 1.82) is 0 Å². The van der Waals surface area contributed by atoms with Gasteiger partial charge < -0.3 is 10.1 Å². The lowest BCUT2D eigenvalue weighted by Crippen LogP contribution is -2.35. The number of nitrogens with zero attached hydrogens (tertiary/aromatic N) is 5. The first-order chi connectivity index (χ1) is 15.8. The molecule has 4 rings (SSSR count). The number of hydrogen-bond donors (Lipinski definition) is 1. The fourth-order valence-electron chi connectivity index (χ4n) is 3.92. The van der Waals surface area contributed by atoms with Crippen molar-refractivity contribution in [3.05, 3.63) is 42.1 Å². The Labute approximate surface area is 194 Å². The van der Waals surface area contributed by atoms with Gasteiger partial charge in [0.15, 0.2) is 0 Å². The molecule has 2 aromatic heterocycles. The zero-order chi connectivity index (χ0) is 23.6. The van der Waals surface area contributed by atoms with Crippen LogP contribution < -0.4 is 10.1 Å². The van der Waals surface area contributed by atoms with Crippen LogP contribution >= 0.6 is 11.9 Å². The van der Waals surface area contributed by atoms with Crippen LogP contribution in [-0.2, 0) is 13.2 Å². The number of halogens is 3. The first-order valence-corrected chi connectivity index (χ1v) is 11.7. The van der Waals surface area contributed by atoms with Crippen molar-refractivity contribution < 1.29 is 17.9 Å². The number of alkyl halides is 3. The second kappa shape index (κ2) is 9.60. The van der Waals surface area contributed by atoms with Gasteiger partial charge in [-0.3, -0.25) is 8.87 Å². The first kappa shape index (κ1) is 23.4. The standard InChI is InChI=1S/C22H25F3N6OS/c1-30-19(17-7-10-26-20(28-17)27-16-8-11-31(33-3)12-9-16)18(29-21(30)32-2)14-5-4-6-15(13-14)22(23,24)25/h4-7,10,13,16H,8-9,11-12H2,1-3H3,(H,26,27,28). The van der Waals surface area contributed by atoms with Crippen molar-refractivity contribution in [2.75, 3.05) is 31.8 Å². The highest BCUT2D eigenvalue weighted by Crippen LogP contribution is 2.37. The quantitative estimate of drug-likeness (QED) is 0.514. The summed E-state index contributed by atoms with van der Waals surface area (Å²) in [7, 11) is 3.21. The summed E-state index contributed by atoms with van der Waals surface area (Å²) in [6.45, 7) is 1.97. The maximum atomic E-state index is 13.3. The minimum atomic E-state index is -4.45. The molecule has 1 aliphatic rings. The van der Waals surface area contributed by atoms with Gasteiger partial charge in [0.25, 0.3) is 6.01 Å². The van der Waals surface area contributed by atoms with Crippen LogP contribution in [0, 0.1) is 0 Å². The normalized spacial score (nSPS) is 15.6. The largest absolute Gasteiger partial charge is 0.468 e. The van der Waals surface area contributed by atoms with E-state index in [1.54, 1.807) is 41.9 Å². The Bertz CT molecular complexity index is 1110. The summed E-state index contributed by atoms with van der Waals surface area (Å²) in [6, 6.07) is 7.35. The number of rotatable bonds is 6. The Hall–Kier alpha value is -2.79. The fourth-order valence-corrected chi connectivity index (χ4v) is 4.50. The molecule has 1 fully saturated rings. The molecular weight excluding hydrogens is 453 g/mol. The van der Waals surface area contributed by atoms with E-state index in [2.05, 4.69) is 30.8 Å². The molecule has 3 heterocycles. The Kier molecular flexibility index (Phi) is 6.80. The van der Waals surface area contributed by atoms with Crippen molar-refractivity contribution in [1.82, 2.24) is 23.8 Å². The van der Waals surface area contributed by atoms with Gasteiger partial charge in [0.2, 0.25) is 5.95 Å². The smallest absolute Gasteiger partial charge is 0.416 e. The van der Waals surface area contributed by atoms with Crippen molar-refractivity contribution >= 4 is 17.9 Å². The van der Waals surface area contributed by atoms with Gasteiger partial charge in [0.1, 0.15) is 5.69 Å². The number of piperidine rings is 1. The van der Waals surface area contributed by atoms with Crippen LogP contribution in [0.2, 0.25) is 0 Å². The number of hydrogen-bond acceptors (Lipinski definition) is 7. The number of imidazole rings is 1. The molecule has 0 saturated carbocycles. The Morgan fingerprint density at radius 1 is 1.15 bits per heavy atom. The molecule has 11 heteroatoms. The van der Waals surface area contributed by atoms with E-state index in [0.29, 0.717) is 28.6 Å². The summed E-state index contributed by atoms with van der Waals surface area (Å²) < 4.78 is 49.2. The number of anilines is 1. The lowest BCUT2D eigenvalue weighted by atomic mass is 10.0. The third kappa shape index (κ3) is 5.09. The zero-order valence-corrected chi connectivity index (χ0v) is 19.4. The first-order valence-electron chi connectivity index (χ1n) is 10.5. The fraction of sp³-hybridized carbons (Fsp3) is 0.409. The van der Waals surface area contributed by atoms with Gasteiger partial charge in [-0.1, -0.05) is 24.1 Å². The van der Waals surface area contributed by atoms with E-state index < -0.39 is 11.7 Å². The lowest BCUT2D eigenvalue weighted by molar-refractivity contribution is -0.137. The second-order valence-electron chi connectivity index (χ2n) is 7.73. The highest BCUT2D eigenvalue weighted by atomic mass is 32.2. The third-order valence-electron chi connectivity index (χ3n) is 5.64. The number of methoxy groups -OCH3 is 1. The predicted octanol–water partition coefficient (Wildman–Crippen LogP) is 4.73. The molecule has 176 valence electrons. The molecule has 0 bridgehead atoms. The van der Waals surface area contributed by atoms with Gasteiger partial charge >= 0.3 is 6.18 Å². The topological polar surface area (TPSA) is 68.1 Å². The minimum Gasteiger partial charge on any atom is -0.468 e.